The van der Waals surface area contributed by atoms with Gasteiger partial charge in [0.05, 0.1) is 11.0 Å². The first-order valence-corrected chi connectivity index (χ1v) is 7.49. The van der Waals surface area contributed by atoms with Gasteiger partial charge in [0, 0.05) is 30.8 Å². The number of nitrogens with zero attached hydrogens (tertiary/aromatic N) is 2. The second-order valence-electron chi connectivity index (χ2n) is 5.08. The summed E-state index contributed by atoms with van der Waals surface area (Å²) in [5.74, 6) is 0. The Morgan fingerprint density at radius 2 is 1.67 bits per heavy atom. The standard InChI is InChI=1S/C16H16BrN3O/c1-19-14-8-3-11(9-15(14)20(2)16(19)21)10-18-13-6-4-12(17)5-7-13/h3-9,18H,10H2,1-2H3. The summed E-state index contributed by atoms with van der Waals surface area (Å²) >= 11 is 3.42. The van der Waals surface area contributed by atoms with Gasteiger partial charge in [-0.1, -0.05) is 22.0 Å². The molecule has 2 aromatic carbocycles. The van der Waals surface area contributed by atoms with E-state index in [0.29, 0.717) is 0 Å². The molecule has 0 fully saturated rings. The quantitative estimate of drug-likeness (QED) is 0.791. The molecule has 1 heterocycles. The summed E-state index contributed by atoms with van der Waals surface area (Å²) in [6, 6.07) is 14.2. The Bertz CT molecular complexity index is 846. The molecule has 5 heteroatoms. The van der Waals surface area contributed by atoms with Crippen LogP contribution in [0.4, 0.5) is 5.69 Å². The van der Waals surface area contributed by atoms with Crippen LogP contribution in [0.25, 0.3) is 11.0 Å². The van der Waals surface area contributed by atoms with Crippen molar-refractivity contribution < 1.29 is 0 Å². The van der Waals surface area contributed by atoms with Gasteiger partial charge in [0.1, 0.15) is 0 Å². The van der Waals surface area contributed by atoms with Crippen LogP contribution in [0.3, 0.4) is 0 Å². The number of hydrogen-bond donors (Lipinski definition) is 1. The fraction of sp³-hybridized carbons (Fsp3) is 0.188. The Morgan fingerprint density at radius 3 is 2.38 bits per heavy atom. The van der Waals surface area contributed by atoms with E-state index in [1.807, 2.05) is 36.4 Å². The van der Waals surface area contributed by atoms with Gasteiger partial charge in [0.15, 0.2) is 0 Å². The van der Waals surface area contributed by atoms with Gasteiger partial charge in [0.25, 0.3) is 0 Å². The predicted molar refractivity (Wildman–Crippen MR) is 89.6 cm³/mol. The molecule has 0 unspecified atom stereocenters. The number of benzene rings is 2. The van der Waals surface area contributed by atoms with Gasteiger partial charge in [-0.3, -0.25) is 9.13 Å². The third-order valence-corrected chi connectivity index (χ3v) is 4.21. The van der Waals surface area contributed by atoms with Crippen molar-refractivity contribution in [1.82, 2.24) is 9.13 Å². The summed E-state index contributed by atoms with van der Waals surface area (Å²) in [6.45, 7) is 0.723. The summed E-state index contributed by atoms with van der Waals surface area (Å²) in [5.41, 5.74) is 4.13. The molecule has 108 valence electrons. The number of halogens is 1. The predicted octanol–water partition coefficient (Wildman–Crippen LogP) is 3.25. The minimum absolute atomic E-state index is 0.00280. The summed E-state index contributed by atoms with van der Waals surface area (Å²) in [6.07, 6.45) is 0. The molecule has 0 aliphatic rings. The minimum atomic E-state index is 0.00280. The SMILES string of the molecule is Cn1c(=O)n(C)c2cc(CNc3ccc(Br)cc3)ccc21. The van der Waals surface area contributed by atoms with Crippen molar-refractivity contribution in [3.8, 4) is 0 Å². The molecule has 0 saturated heterocycles. The zero-order valence-corrected chi connectivity index (χ0v) is 13.5. The van der Waals surface area contributed by atoms with Gasteiger partial charge in [0.2, 0.25) is 0 Å². The monoisotopic (exact) mass is 345 g/mol. The highest BCUT2D eigenvalue weighted by Crippen LogP contribution is 2.17. The van der Waals surface area contributed by atoms with Crippen LogP contribution in [0, 0.1) is 0 Å². The van der Waals surface area contributed by atoms with E-state index in [9.17, 15) is 4.79 Å². The van der Waals surface area contributed by atoms with Crippen LogP contribution in [0.2, 0.25) is 0 Å². The summed E-state index contributed by atoms with van der Waals surface area (Å²) in [7, 11) is 3.60. The minimum Gasteiger partial charge on any atom is -0.381 e. The van der Waals surface area contributed by atoms with Crippen LogP contribution in [-0.2, 0) is 20.6 Å². The molecule has 1 N–H and O–H groups in total. The molecule has 0 spiro atoms. The fourth-order valence-electron chi connectivity index (χ4n) is 2.43. The average Bonchev–Trinajstić information content (AvgIpc) is 2.71. The molecule has 0 radical (unpaired) electrons. The Kier molecular flexibility index (Phi) is 3.59. The lowest BCUT2D eigenvalue weighted by Gasteiger charge is -2.07. The van der Waals surface area contributed by atoms with Gasteiger partial charge >= 0.3 is 5.69 Å². The first-order chi connectivity index (χ1) is 10.1. The molecule has 0 aliphatic carbocycles. The van der Waals surface area contributed by atoms with Crippen molar-refractivity contribution >= 4 is 32.7 Å². The second kappa shape index (κ2) is 5.41. The summed E-state index contributed by atoms with van der Waals surface area (Å²) in [5, 5.41) is 3.38. The third kappa shape index (κ3) is 2.61. The van der Waals surface area contributed by atoms with Crippen molar-refractivity contribution in [3.05, 3.63) is 63.0 Å². The third-order valence-electron chi connectivity index (χ3n) is 3.68. The molecule has 3 aromatic rings. The van der Waals surface area contributed by atoms with Crippen LogP contribution in [0.15, 0.2) is 51.7 Å². The van der Waals surface area contributed by atoms with Crippen LogP contribution >= 0.6 is 15.9 Å². The molecule has 4 nitrogen and oxygen atoms in total. The molecule has 0 atom stereocenters. The fourth-order valence-corrected chi connectivity index (χ4v) is 2.70. The van der Waals surface area contributed by atoms with Crippen LogP contribution in [-0.4, -0.2) is 9.13 Å². The molecule has 0 aliphatic heterocycles. The highest BCUT2D eigenvalue weighted by molar-refractivity contribution is 9.10. The van der Waals surface area contributed by atoms with E-state index < -0.39 is 0 Å². The smallest absolute Gasteiger partial charge is 0.328 e. The molecule has 0 bridgehead atoms. The van der Waals surface area contributed by atoms with E-state index in [4.69, 9.17) is 0 Å². The van der Waals surface area contributed by atoms with Crippen molar-refractivity contribution in [2.24, 2.45) is 14.1 Å². The van der Waals surface area contributed by atoms with E-state index in [2.05, 4.69) is 27.3 Å². The zero-order valence-electron chi connectivity index (χ0n) is 11.9. The highest BCUT2D eigenvalue weighted by Gasteiger charge is 2.07. The first-order valence-electron chi connectivity index (χ1n) is 6.70. The van der Waals surface area contributed by atoms with Crippen LogP contribution in [0.1, 0.15) is 5.56 Å². The number of rotatable bonds is 3. The Hall–Kier alpha value is -2.01. The molecule has 0 amide bonds. The normalized spacial score (nSPS) is 11.0. The number of aromatic nitrogens is 2. The highest BCUT2D eigenvalue weighted by atomic mass is 79.9. The lowest BCUT2D eigenvalue weighted by Crippen LogP contribution is -2.19. The van der Waals surface area contributed by atoms with E-state index in [-0.39, 0.29) is 5.69 Å². The summed E-state index contributed by atoms with van der Waals surface area (Å²) < 4.78 is 4.41. The van der Waals surface area contributed by atoms with Crippen LogP contribution < -0.4 is 11.0 Å². The molecule has 0 saturated carbocycles. The maximum atomic E-state index is 11.9. The van der Waals surface area contributed by atoms with Crippen LogP contribution in [0.5, 0.6) is 0 Å². The molecule has 3 rings (SSSR count). The van der Waals surface area contributed by atoms with Crippen molar-refractivity contribution in [2.45, 2.75) is 6.54 Å². The topological polar surface area (TPSA) is 39.0 Å². The number of fused-ring (bicyclic) bond motifs is 1. The summed E-state index contributed by atoms with van der Waals surface area (Å²) in [4.78, 5) is 11.9. The van der Waals surface area contributed by atoms with Gasteiger partial charge in [-0.25, -0.2) is 4.79 Å². The number of anilines is 1. The molecular weight excluding hydrogens is 330 g/mol. The van der Waals surface area contributed by atoms with Gasteiger partial charge in [-0.05, 0) is 42.0 Å². The largest absolute Gasteiger partial charge is 0.381 e. The number of nitrogens with one attached hydrogen (secondary N) is 1. The zero-order chi connectivity index (χ0) is 15.0. The maximum absolute atomic E-state index is 11.9. The van der Waals surface area contributed by atoms with E-state index in [0.717, 1.165) is 33.3 Å². The molecular formula is C16H16BrN3O. The van der Waals surface area contributed by atoms with Gasteiger partial charge in [-0.2, -0.15) is 0 Å². The average molecular weight is 346 g/mol. The van der Waals surface area contributed by atoms with Crippen molar-refractivity contribution in [1.29, 1.82) is 0 Å². The van der Waals surface area contributed by atoms with E-state index >= 15 is 0 Å². The first kappa shape index (κ1) is 13.9. The van der Waals surface area contributed by atoms with Crippen molar-refractivity contribution in [2.75, 3.05) is 5.32 Å². The Morgan fingerprint density at radius 1 is 1.00 bits per heavy atom. The van der Waals surface area contributed by atoms with Gasteiger partial charge < -0.3 is 5.32 Å². The number of imidazole rings is 1. The molecule has 21 heavy (non-hydrogen) atoms. The Labute approximate surface area is 131 Å². The number of aryl methyl sites for hydroxylation is 2. The van der Waals surface area contributed by atoms with Crippen molar-refractivity contribution in [3.63, 3.8) is 0 Å². The lowest BCUT2D eigenvalue weighted by atomic mass is 10.2. The number of hydrogen-bond acceptors (Lipinski definition) is 2. The molecule has 1 aromatic heterocycles. The van der Waals surface area contributed by atoms with Gasteiger partial charge in [-0.15, -0.1) is 0 Å². The maximum Gasteiger partial charge on any atom is 0.328 e. The van der Waals surface area contributed by atoms with E-state index in [1.54, 1.807) is 23.2 Å². The second-order valence-corrected chi connectivity index (χ2v) is 6.00. The van der Waals surface area contributed by atoms with E-state index in [1.165, 1.54) is 0 Å². The Balaban J connectivity index is 1.86. The lowest BCUT2D eigenvalue weighted by molar-refractivity contribution is 0.795.